The minimum atomic E-state index is -1.51. The number of carboxylic acid groups (broad SMARTS) is 1. The van der Waals surface area contributed by atoms with Gasteiger partial charge in [0.25, 0.3) is 0 Å². The minimum absolute atomic E-state index is 0.0413. The largest absolute Gasteiger partial charge is 0.480 e. The van der Waals surface area contributed by atoms with E-state index in [0.29, 0.717) is 0 Å². The molecular weight excluding hydrogens is 997 g/mol. The first-order chi connectivity index (χ1) is 35.6. The van der Waals surface area contributed by atoms with E-state index in [0.717, 1.165) is 0 Å². The van der Waals surface area contributed by atoms with E-state index in [1.54, 1.807) is 13.8 Å². The predicted molar refractivity (Wildman–Crippen MR) is 293 cm³/mol. The third-order valence-electron chi connectivity index (χ3n) is 12.1. The van der Waals surface area contributed by atoms with E-state index >= 15 is 0 Å². The zero-order chi connectivity index (χ0) is 59.6. The van der Waals surface area contributed by atoms with Crippen LogP contribution in [0, 0.1) is 47.3 Å². The first-order valence-corrected chi connectivity index (χ1v) is 27.6. The maximum atomic E-state index is 14.3. The Labute approximate surface area is 457 Å². The van der Waals surface area contributed by atoms with Crippen LogP contribution in [0.1, 0.15) is 162 Å². The van der Waals surface area contributed by atoms with Crippen LogP contribution < -0.4 is 53.6 Å². The van der Waals surface area contributed by atoms with Gasteiger partial charge in [-0.1, -0.05) is 111 Å². The van der Waals surface area contributed by atoms with Gasteiger partial charge in [0.15, 0.2) is 0 Å². The van der Waals surface area contributed by atoms with Gasteiger partial charge in [-0.15, -0.1) is 0 Å². The van der Waals surface area contributed by atoms with Crippen molar-refractivity contribution in [1.82, 2.24) is 47.9 Å². The van der Waals surface area contributed by atoms with Crippen LogP contribution in [0.5, 0.6) is 0 Å². The third-order valence-corrected chi connectivity index (χ3v) is 12.1. The quantitative estimate of drug-likeness (QED) is 0.0415. The number of hydrogen-bond donors (Lipinski definition) is 13. The van der Waals surface area contributed by atoms with E-state index in [-0.39, 0.29) is 98.7 Å². The molecule has 14 N–H and O–H groups in total. The van der Waals surface area contributed by atoms with Gasteiger partial charge in [0.1, 0.15) is 60.4 Å². The monoisotopic (exact) mass is 1100 g/mol. The molecule has 10 atom stereocenters. The Morgan fingerprint density at radius 3 is 0.584 bits per heavy atom. The molecule has 0 aromatic rings. The lowest BCUT2D eigenvalue weighted by Crippen LogP contribution is -2.61. The van der Waals surface area contributed by atoms with E-state index in [9.17, 15) is 63.3 Å². The highest BCUT2D eigenvalue weighted by atomic mass is 16.4. The SMILES string of the molecule is CC(C)C[C@H](NC(=O)[C@H](CC(C)C)NC(=O)[C@H](CC(C)C)NC(=O)[C@H](CC(C)C)NC(=O)[C@H](CC(C)C)NC(=O)[C@H](CC(C)C)NC(=O)[C@H](CC(C)C)NC(=O)[C@H](CC(C)C)NC(=O)[C@H](CO)NC(=O)[C@@H](N)CO)C(=O)O. The molecule has 0 fully saturated rings. The highest BCUT2D eigenvalue weighted by Crippen LogP contribution is 2.16. The van der Waals surface area contributed by atoms with Gasteiger partial charge in [0.05, 0.1) is 13.2 Å². The molecule has 0 radical (unpaired) electrons. The first kappa shape index (κ1) is 71.6. The number of rotatable bonds is 37. The van der Waals surface area contributed by atoms with Crippen molar-refractivity contribution in [3.63, 3.8) is 0 Å². The molecule has 77 heavy (non-hydrogen) atoms. The molecule has 0 saturated heterocycles. The molecule has 0 aliphatic heterocycles. The second-order valence-electron chi connectivity index (χ2n) is 23.9. The molecule has 23 nitrogen and oxygen atoms in total. The van der Waals surface area contributed by atoms with E-state index in [1.165, 1.54) is 0 Å². The number of carboxylic acids is 1. The van der Waals surface area contributed by atoms with Crippen molar-refractivity contribution in [2.24, 2.45) is 53.1 Å². The van der Waals surface area contributed by atoms with Crippen molar-refractivity contribution in [2.45, 2.75) is 223 Å². The van der Waals surface area contributed by atoms with Gasteiger partial charge in [0.2, 0.25) is 53.2 Å². The molecular formula is C54H100N10O13. The van der Waals surface area contributed by atoms with E-state index in [1.807, 2.05) is 96.9 Å². The van der Waals surface area contributed by atoms with Gasteiger partial charge in [-0.2, -0.15) is 0 Å². The number of aliphatic hydroxyl groups excluding tert-OH is 2. The molecule has 0 aliphatic rings. The zero-order valence-electron chi connectivity index (χ0n) is 49.0. The predicted octanol–water partition coefficient (Wildman–Crippen LogP) is 1.11. The second-order valence-corrected chi connectivity index (χ2v) is 23.9. The molecule has 0 saturated carbocycles. The van der Waals surface area contributed by atoms with E-state index in [4.69, 9.17) is 5.73 Å². The summed E-state index contributed by atoms with van der Waals surface area (Å²) in [6.45, 7) is 27.8. The summed E-state index contributed by atoms with van der Waals surface area (Å²) < 4.78 is 0. The standard InChI is InChI=1S/C54H100N10O13/c1-27(2)17-36(46(68)57-38(19-29(5)6)48(70)59-40(21-31(9)10)50(72)61-42(23-33(13)14)52(74)63-43(54(76)77)24-34(15)16)56-47(69)37(18-28(3)4)58-49(71)39(20-30(7)8)60-51(73)41(22-32(11)12)62-53(75)44(26-66)64-45(67)35(55)25-65/h27-44,65-66H,17-26,55H2,1-16H3,(H,56,69)(H,57,68)(H,58,71)(H,59,70)(H,60,73)(H,61,72)(H,62,75)(H,63,74)(H,64,67)(H,76,77)/t35-,36-,37-,38-,39-,40-,41-,42-,43-,44-/m0/s1. The van der Waals surface area contributed by atoms with Gasteiger partial charge in [-0.05, 0) is 98.7 Å². The van der Waals surface area contributed by atoms with Gasteiger partial charge >= 0.3 is 5.97 Å². The van der Waals surface area contributed by atoms with Crippen LogP contribution in [0.3, 0.4) is 0 Å². The Morgan fingerprint density at radius 2 is 0.429 bits per heavy atom. The fraction of sp³-hybridized carbons (Fsp3) is 0.815. The molecule has 0 unspecified atom stereocenters. The van der Waals surface area contributed by atoms with Crippen molar-refractivity contribution in [1.29, 1.82) is 0 Å². The van der Waals surface area contributed by atoms with E-state index < -0.39 is 133 Å². The highest BCUT2D eigenvalue weighted by molar-refractivity contribution is 5.98. The topological polar surface area (TPSA) is 366 Å². The van der Waals surface area contributed by atoms with Crippen LogP contribution >= 0.6 is 0 Å². The van der Waals surface area contributed by atoms with Crippen molar-refractivity contribution in [2.75, 3.05) is 13.2 Å². The lowest BCUT2D eigenvalue weighted by atomic mass is 9.97. The van der Waals surface area contributed by atoms with Gasteiger partial charge in [-0.25, -0.2) is 4.79 Å². The summed E-state index contributed by atoms with van der Waals surface area (Å²) in [5, 5.41) is 52.9. The number of amides is 9. The average Bonchev–Trinajstić information content (AvgIpc) is 3.29. The summed E-state index contributed by atoms with van der Waals surface area (Å²) >= 11 is 0. The highest BCUT2D eigenvalue weighted by Gasteiger charge is 2.37. The molecule has 0 aliphatic carbocycles. The lowest BCUT2D eigenvalue weighted by Gasteiger charge is -2.30. The Kier molecular flexibility index (Phi) is 33.4. The summed E-state index contributed by atoms with van der Waals surface area (Å²) in [6, 6.07) is -12.4. The smallest absolute Gasteiger partial charge is 0.326 e. The number of nitrogens with one attached hydrogen (secondary N) is 9. The summed E-state index contributed by atoms with van der Waals surface area (Å²) in [5.74, 6) is -8.92. The molecule has 0 spiro atoms. The molecule has 0 aromatic carbocycles. The van der Waals surface area contributed by atoms with Crippen molar-refractivity contribution in [3.05, 3.63) is 0 Å². The maximum absolute atomic E-state index is 14.3. The van der Waals surface area contributed by atoms with Gasteiger partial charge < -0.3 is 68.9 Å². The molecule has 0 heterocycles. The molecule has 23 heteroatoms. The summed E-state index contributed by atoms with van der Waals surface area (Å²) in [4.78, 5) is 136. The van der Waals surface area contributed by atoms with Crippen molar-refractivity contribution < 1.29 is 63.3 Å². The first-order valence-electron chi connectivity index (χ1n) is 27.6. The second kappa shape index (κ2) is 35.9. The fourth-order valence-electron chi connectivity index (χ4n) is 8.35. The van der Waals surface area contributed by atoms with E-state index in [2.05, 4.69) is 47.9 Å². The lowest BCUT2D eigenvalue weighted by molar-refractivity contribution is -0.143. The summed E-state index contributed by atoms with van der Waals surface area (Å²) in [5.41, 5.74) is 5.55. The Hall–Kier alpha value is -5.42. The van der Waals surface area contributed by atoms with Crippen LogP contribution in [0.25, 0.3) is 0 Å². The summed E-state index contributed by atoms with van der Waals surface area (Å²) in [7, 11) is 0. The Morgan fingerprint density at radius 1 is 0.273 bits per heavy atom. The number of hydrogen-bond acceptors (Lipinski definition) is 13. The van der Waals surface area contributed by atoms with Crippen molar-refractivity contribution in [3.8, 4) is 0 Å². The van der Waals surface area contributed by atoms with Crippen LogP contribution in [0.2, 0.25) is 0 Å². The zero-order valence-corrected chi connectivity index (χ0v) is 49.0. The molecule has 0 aromatic heterocycles. The Balaban J connectivity index is 6.74. The maximum Gasteiger partial charge on any atom is 0.326 e. The van der Waals surface area contributed by atoms with Gasteiger partial charge in [-0.3, -0.25) is 43.2 Å². The molecule has 9 amide bonds. The molecule has 444 valence electrons. The Bertz CT molecular complexity index is 1910. The molecule has 0 rings (SSSR count). The van der Waals surface area contributed by atoms with Gasteiger partial charge in [0, 0.05) is 0 Å². The number of carbonyl (C=O) groups excluding carboxylic acids is 9. The van der Waals surface area contributed by atoms with Crippen LogP contribution in [-0.2, 0) is 47.9 Å². The minimum Gasteiger partial charge on any atom is -0.480 e. The number of carbonyl (C=O) groups is 10. The van der Waals surface area contributed by atoms with Crippen LogP contribution in [-0.4, -0.2) is 148 Å². The van der Waals surface area contributed by atoms with Crippen LogP contribution in [0.4, 0.5) is 0 Å². The number of aliphatic hydroxyl groups is 2. The average molecular weight is 1100 g/mol. The number of aliphatic carboxylic acids is 1. The van der Waals surface area contributed by atoms with Crippen LogP contribution in [0.15, 0.2) is 0 Å². The normalized spacial score (nSPS) is 15.7. The molecule has 0 bridgehead atoms. The summed E-state index contributed by atoms with van der Waals surface area (Å²) in [6.07, 6.45) is 1.09. The van der Waals surface area contributed by atoms with Crippen molar-refractivity contribution >= 4 is 59.1 Å². The fourth-order valence-corrected chi connectivity index (χ4v) is 8.35. The third kappa shape index (κ3) is 29.2. The number of nitrogens with two attached hydrogens (primary N) is 1.